The maximum Gasteiger partial charge on any atom is 0.0335 e. The normalized spacial score (nSPS) is 44.0. The van der Waals surface area contributed by atoms with Crippen LogP contribution in [0.3, 0.4) is 0 Å². The molecule has 0 spiro atoms. The van der Waals surface area contributed by atoms with Crippen LogP contribution in [0.15, 0.2) is 0 Å². The molecule has 0 aromatic rings. The summed E-state index contributed by atoms with van der Waals surface area (Å²) in [6, 6.07) is 0.699. The van der Waals surface area contributed by atoms with Gasteiger partial charge in [-0.05, 0) is 62.7 Å². The topological polar surface area (TPSA) is 29.3 Å². The Morgan fingerprint density at radius 1 is 1.15 bits per heavy atom. The number of rotatable bonds is 3. The fourth-order valence-corrected chi connectivity index (χ4v) is 4.79. The summed E-state index contributed by atoms with van der Waals surface area (Å²) in [5.41, 5.74) is 6.60. The van der Waals surface area contributed by atoms with E-state index in [2.05, 4.69) is 39.5 Å². The summed E-state index contributed by atoms with van der Waals surface area (Å²) < 4.78 is 0. The molecule has 118 valence electrons. The Bertz CT molecular complexity index is 305. The van der Waals surface area contributed by atoms with E-state index in [1.54, 1.807) is 0 Å². The van der Waals surface area contributed by atoms with Crippen LogP contribution in [0, 0.1) is 23.7 Å². The Morgan fingerprint density at radius 2 is 1.75 bits per heavy atom. The average molecular weight is 280 g/mol. The highest BCUT2D eigenvalue weighted by atomic mass is 15.2. The first-order valence-corrected chi connectivity index (χ1v) is 8.86. The average Bonchev–Trinajstić information content (AvgIpc) is 2.42. The molecular weight excluding hydrogens is 244 g/mol. The van der Waals surface area contributed by atoms with Crippen molar-refractivity contribution in [2.45, 2.75) is 78.3 Å². The molecule has 2 fully saturated rings. The van der Waals surface area contributed by atoms with Crippen LogP contribution >= 0.6 is 0 Å². The van der Waals surface area contributed by atoms with Gasteiger partial charge in [-0.25, -0.2) is 0 Å². The lowest BCUT2D eigenvalue weighted by Crippen LogP contribution is -2.62. The van der Waals surface area contributed by atoms with Crippen LogP contribution in [-0.2, 0) is 0 Å². The first kappa shape index (κ1) is 16.3. The van der Waals surface area contributed by atoms with Crippen LogP contribution in [0.25, 0.3) is 0 Å². The Morgan fingerprint density at radius 3 is 2.25 bits per heavy atom. The van der Waals surface area contributed by atoms with E-state index in [0.717, 1.165) is 30.2 Å². The molecule has 3 atom stereocenters. The van der Waals surface area contributed by atoms with Gasteiger partial charge in [0.2, 0.25) is 0 Å². The molecule has 1 saturated carbocycles. The van der Waals surface area contributed by atoms with Gasteiger partial charge in [-0.15, -0.1) is 0 Å². The van der Waals surface area contributed by atoms with Crippen molar-refractivity contribution in [1.82, 2.24) is 4.90 Å². The van der Waals surface area contributed by atoms with Crippen LogP contribution in [0.2, 0.25) is 0 Å². The summed E-state index contributed by atoms with van der Waals surface area (Å²) in [5, 5.41) is 0. The van der Waals surface area contributed by atoms with E-state index in [4.69, 9.17) is 5.73 Å². The van der Waals surface area contributed by atoms with E-state index in [1.807, 2.05) is 0 Å². The number of nitrogens with two attached hydrogens (primary N) is 1. The summed E-state index contributed by atoms with van der Waals surface area (Å²) in [5.74, 6) is 3.39. The fourth-order valence-electron chi connectivity index (χ4n) is 4.79. The minimum absolute atomic E-state index is 0.299. The van der Waals surface area contributed by atoms with Gasteiger partial charge in [0.05, 0.1) is 0 Å². The van der Waals surface area contributed by atoms with E-state index in [1.165, 1.54) is 38.6 Å². The van der Waals surface area contributed by atoms with Gasteiger partial charge in [-0.3, -0.25) is 4.90 Å². The SMILES string of the molecule is CC1CC(C)C(C)N(C2(CN)CCC(C(C)C)CC2)C1. The summed E-state index contributed by atoms with van der Waals surface area (Å²) in [6.07, 6.45) is 6.76. The van der Waals surface area contributed by atoms with Crippen molar-refractivity contribution in [1.29, 1.82) is 0 Å². The molecule has 2 N–H and O–H groups in total. The molecule has 2 aliphatic rings. The zero-order valence-corrected chi connectivity index (χ0v) is 14.4. The summed E-state index contributed by atoms with van der Waals surface area (Å²) in [6.45, 7) is 14.2. The van der Waals surface area contributed by atoms with E-state index in [9.17, 15) is 0 Å². The van der Waals surface area contributed by atoms with Gasteiger partial charge in [-0.2, -0.15) is 0 Å². The molecule has 0 aromatic carbocycles. The quantitative estimate of drug-likeness (QED) is 0.849. The number of piperidine rings is 1. The Kier molecular flexibility index (Phi) is 5.18. The highest BCUT2D eigenvalue weighted by Gasteiger charge is 2.44. The maximum atomic E-state index is 6.30. The summed E-state index contributed by atoms with van der Waals surface area (Å²) >= 11 is 0. The zero-order chi connectivity index (χ0) is 14.9. The maximum absolute atomic E-state index is 6.30. The van der Waals surface area contributed by atoms with Gasteiger partial charge in [0.1, 0.15) is 0 Å². The second-order valence-electron chi connectivity index (χ2n) is 8.22. The lowest BCUT2D eigenvalue weighted by Gasteiger charge is -2.55. The molecule has 0 radical (unpaired) electrons. The van der Waals surface area contributed by atoms with E-state index >= 15 is 0 Å². The number of likely N-dealkylation sites (tertiary alicyclic amines) is 1. The highest BCUT2D eigenvalue weighted by Crippen LogP contribution is 2.42. The molecule has 2 heteroatoms. The molecule has 20 heavy (non-hydrogen) atoms. The third-order valence-corrected chi connectivity index (χ3v) is 6.49. The van der Waals surface area contributed by atoms with Gasteiger partial charge in [0.25, 0.3) is 0 Å². The predicted octanol–water partition coefficient (Wildman–Crippen LogP) is 3.90. The second kappa shape index (κ2) is 6.36. The Balaban J connectivity index is 2.11. The van der Waals surface area contributed by atoms with Crippen LogP contribution in [0.1, 0.15) is 66.7 Å². The second-order valence-corrected chi connectivity index (χ2v) is 8.22. The van der Waals surface area contributed by atoms with Crippen LogP contribution in [-0.4, -0.2) is 29.6 Å². The fraction of sp³-hybridized carbons (Fsp3) is 1.00. The van der Waals surface area contributed by atoms with Gasteiger partial charge in [0.15, 0.2) is 0 Å². The van der Waals surface area contributed by atoms with Crippen molar-refractivity contribution in [3.63, 3.8) is 0 Å². The Hall–Kier alpha value is -0.0800. The predicted molar refractivity (Wildman–Crippen MR) is 87.7 cm³/mol. The van der Waals surface area contributed by atoms with Crippen molar-refractivity contribution >= 4 is 0 Å². The van der Waals surface area contributed by atoms with Gasteiger partial charge < -0.3 is 5.73 Å². The Labute approximate surface area is 126 Å². The van der Waals surface area contributed by atoms with Crippen molar-refractivity contribution in [3.8, 4) is 0 Å². The molecule has 0 aromatic heterocycles. The molecule has 2 rings (SSSR count). The van der Waals surface area contributed by atoms with Gasteiger partial charge >= 0.3 is 0 Å². The molecule has 3 unspecified atom stereocenters. The minimum Gasteiger partial charge on any atom is -0.329 e. The summed E-state index contributed by atoms with van der Waals surface area (Å²) in [4.78, 5) is 2.81. The first-order valence-electron chi connectivity index (χ1n) is 8.86. The zero-order valence-electron chi connectivity index (χ0n) is 14.4. The number of hydrogen-bond acceptors (Lipinski definition) is 2. The standard InChI is InChI=1S/C18H36N2/c1-13(2)17-6-8-18(12-19,9-7-17)20-11-14(3)10-15(4)16(20)5/h13-17H,6-12,19H2,1-5H3. The largest absolute Gasteiger partial charge is 0.329 e. The van der Waals surface area contributed by atoms with Gasteiger partial charge in [0, 0.05) is 24.7 Å². The van der Waals surface area contributed by atoms with Crippen molar-refractivity contribution in [2.24, 2.45) is 29.4 Å². The lowest BCUT2D eigenvalue weighted by molar-refractivity contribution is -0.0444. The minimum atomic E-state index is 0.299. The van der Waals surface area contributed by atoms with Crippen molar-refractivity contribution in [3.05, 3.63) is 0 Å². The van der Waals surface area contributed by atoms with E-state index in [-0.39, 0.29) is 0 Å². The lowest BCUT2D eigenvalue weighted by atomic mass is 9.70. The number of nitrogens with zero attached hydrogens (tertiary/aromatic N) is 1. The molecule has 1 heterocycles. The molecule has 0 amide bonds. The third kappa shape index (κ3) is 3.06. The first-order chi connectivity index (χ1) is 9.39. The van der Waals surface area contributed by atoms with Crippen LogP contribution in [0.5, 0.6) is 0 Å². The van der Waals surface area contributed by atoms with E-state index < -0.39 is 0 Å². The molecule has 0 bridgehead atoms. The molecule has 1 saturated heterocycles. The highest BCUT2D eigenvalue weighted by molar-refractivity contribution is 5.00. The van der Waals surface area contributed by atoms with Crippen LogP contribution in [0.4, 0.5) is 0 Å². The smallest absolute Gasteiger partial charge is 0.0335 e. The monoisotopic (exact) mass is 280 g/mol. The number of hydrogen-bond donors (Lipinski definition) is 1. The molecule has 2 nitrogen and oxygen atoms in total. The van der Waals surface area contributed by atoms with Crippen molar-refractivity contribution < 1.29 is 0 Å². The molecule has 1 aliphatic carbocycles. The van der Waals surface area contributed by atoms with Crippen LogP contribution < -0.4 is 5.73 Å². The van der Waals surface area contributed by atoms with Crippen molar-refractivity contribution in [2.75, 3.05) is 13.1 Å². The van der Waals surface area contributed by atoms with Gasteiger partial charge in [-0.1, -0.05) is 27.7 Å². The molecular formula is C18H36N2. The summed E-state index contributed by atoms with van der Waals surface area (Å²) in [7, 11) is 0. The third-order valence-electron chi connectivity index (χ3n) is 6.49. The van der Waals surface area contributed by atoms with E-state index in [0.29, 0.717) is 11.6 Å². The molecule has 1 aliphatic heterocycles.